The molecule has 4 rings (SSSR count). The second-order valence-electron chi connectivity index (χ2n) is 7.92. The largest absolute Gasteiger partial charge is 0.298 e. The molecule has 0 saturated carbocycles. The second kappa shape index (κ2) is 9.29. The van der Waals surface area contributed by atoms with Crippen LogP contribution in [-0.4, -0.2) is 38.7 Å². The predicted octanol–water partition coefficient (Wildman–Crippen LogP) is 5.34. The molecule has 0 spiro atoms. The summed E-state index contributed by atoms with van der Waals surface area (Å²) in [5.41, 5.74) is 3.31. The average Bonchev–Trinajstić information content (AvgIpc) is 3.36. The molecule has 3 heterocycles. The zero-order valence-corrected chi connectivity index (χ0v) is 18.8. The van der Waals surface area contributed by atoms with Crippen LogP contribution in [-0.2, 0) is 6.54 Å². The highest BCUT2D eigenvalue weighted by Crippen LogP contribution is 2.26. The number of benzene rings is 1. The Bertz CT molecular complexity index is 1000. The number of halogens is 1. The number of hydrogen-bond acceptors (Lipinski definition) is 5. The van der Waals surface area contributed by atoms with Crippen molar-refractivity contribution >= 4 is 34.0 Å². The zero-order chi connectivity index (χ0) is 21.1. The number of carbonyl (C=O) groups is 1. The quantitative estimate of drug-likeness (QED) is 0.558. The van der Waals surface area contributed by atoms with Crippen molar-refractivity contribution in [2.24, 2.45) is 0 Å². The van der Waals surface area contributed by atoms with E-state index in [0.717, 1.165) is 36.7 Å². The lowest BCUT2D eigenvalue weighted by Gasteiger charge is -2.25. The number of anilines is 1. The molecular weight excluding hydrogens is 418 g/mol. The molecule has 158 valence electrons. The minimum atomic E-state index is -0.183. The van der Waals surface area contributed by atoms with Gasteiger partial charge in [-0.3, -0.25) is 15.0 Å². The maximum atomic E-state index is 13.0. The number of thiazole rings is 1. The molecule has 1 fully saturated rings. The van der Waals surface area contributed by atoms with Gasteiger partial charge in [-0.25, -0.2) is 9.67 Å². The smallest absolute Gasteiger partial charge is 0.260 e. The normalized spacial score (nSPS) is 14.9. The monoisotopic (exact) mass is 443 g/mol. The van der Waals surface area contributed by atoms with E-state index in [1.165, 1.54) is 30.6 Å². The highest BCUT2D eigenvalue weighted by Gasteiger charge is 2.22. The first kappa shape index (κ1) is 21.0. The van der Waals surface area contributed by atoms with Crippen molar-refractivity contribution in [2.45, 2.75) is 45.6 Å². The van der Waals surface area contributed by atoms with Gasteiger partial charge in [0.2, 0.25) is 0 Å². The summed E-state index contributed by atoms with van der Waals surface area (Å²) in [5, 5.41) is 10.8. The highest BCUT2D eigenvalue weighted by atomic mass is 35.5. The van der Waals surface area contributed by atoms with Crippen LogP contribution in [0.3, 0.4) is 0 Å². The molecule has 30 heavy (non-hydrogen) atoms. The fraction of sp³-hybridized carbons (Fsp3) is 0.409. The average molecular weight is 444 g/mol. The first-order chi connectivity index (χ1) is 14.5. The van der Waals surface area contributed by atoms with Crippen molar-refractivity contribution in [3.8, 4) is 5.69 Å². The summed E-state index contributed by atoms with van der Waals surface area (Å²) in [4.78, 5) is 20.1. The van der Waals surface area contributed by atoms with Gasteiger partial charge in [-0.2, -0.15) is 5.10 Å². The van der Waals surface area contributed by atoms with Crippen molar-refractivity contribution in [1.29, 1.82) is 0 Å². The van der Waals surface area contributed by atoms with Crippen molar-refractivity contribution in [2.75, 3.05) is 18.4 Å². The van der Waals surface area contributed by atoms with E-state index >= 15 is 0 Å². The van der Waals surface area contributed by atoms with Crippen LogP contribution in [0, 0.1) is 0 Å². The van der Waals surface area contributed by atoms with Crippen LogP contribution < -0.4 is 5.32 Å². The number of aromatic nitrogens is 3. The number of nitrogens with zero attached hydrogens (tertiary/aromatic N) is 4. The van der Waals surface area contributed by atoms with E-state index in [1.807, 2.05) is 29.6 Å². The van der Waals surface area contributed by atoms with Gasteiger partial charge in [0, 0.05) is 16.9 Å². The fourth-order valence-electron chi connectivity index (χ4n) is 3.82. The van der Waals surface area contributed by atoms with E-state index in [1.54, 1.807) is 10.9 Å². The number of hydrogen-bond donors (Lipinski definition) is 1. The van der Waals surface area contributed by atoms with Gasteiger partial charge < -0.3 is 0 Å². The number of amides is 1. The number of likely N-dealkylation sites (tertiary alicyclic amines) is 1. The van der Waals surface area contributed by atoms with Gasteiger partial charge in [0.25, 0.3) is 5.91 Å². The van der Waals surface area contributed by atoms with Crippen LogP contribution >= 0.6 is 22.9 Å². The van der Waals surface area contributed by atoms with E-state index in [9.17, 15) is 4.79 Å². The SMILES string of the molecule is CC(C)c1c(C(=O)Nc2nc(CN3CCCCC3)cs2)cnn1-c1ccc(Cl)cc1. The van der Waals surface area contributed by atoms with E-state index in [4.69, 9.17) is 11.6 Å². The van der Waals surface area contributed by atoms with Gasteiger partial charge in [0.05, 0.1) is 28.8 Å². The first-order valence-electron chi connectivity index (χ1n) is 10.3. The number of nitrogens with one attached hydrogen (secondary N) is 1. The molecule has 1 saturated heterocycles. The molecule has 6 nitrogen and oxygen atoms in total. The van der Waals surface area contributed by atoms with Gasteiger partial charge in [-0.05, 0) is 56.1 Å². The Hall–Kier alpha value is -2.22. The van der Waals surface area contributed by atoms with E-state index < -0.39 is 0 Å². The molecule has 1 aliphatic rings. The topological polar surface area (TPSA) is 63.1 Å². The molecule has 1 aromatic carbocycles. The van der Waals surface area contributed by atoms with Crippen molar-refractivity contribution in [3.63, 3.8) is 0 Å². The lowest BCUT2D eigenvalue weighted by atomic mass is 10.1. The summed E-state index contributed by atoms with van der Waals surface area (Å²) in [6.45, 7) is 7.21. The van der Waals surface area contributed by atoms with Gasteiger partial charge in [0.1, 0.15) is 0 Å². The summed E-state index contributed by atoms with van der Waals surface area (Å²) < 4.78 is 1.81. The van der Waals surface area contributed by atoms with Gasteiger partial charge >= 0.3 is 0 Å². The Morgan fingerprint density at radius 1 is 1.20 bits per heavy atom. The minimum absolute atomic E-state index is 0.120. The molecule has 0 unspecified atom stereocenters. The van der Waals surface area contributed by atoms with E-state index in [2.05, 4.69) is 34.1 Å². The molecule has 0 bridgehead atoms. The van der Waals surface area contributed by atoms with Crippen LogP contribution in [0.15, 0.2) is 35.8 Å². The lowest BCUT2D eigenvalue weighted by Crippen LogP contribution is -2.29. The molecule has 1 aliphatic heterocycles. The van der Waals surface area contributed by atoms with Crippen LogP contribution in [0.2, 0.25) is 5.02 Å². The summed E-state index contributed by atoms with van der Waals surface area (Å²) >= 11 is 7.48. The van der Waals surface area contributed by atoms with E-state index in [0.29, 0.717) is 15.7 Å². The molecule has 0 atom stereocenters. The van der Waals surface area contributed by atoms with Crippen molar-refractivity contribution in [3.05, 3.63) is 57.8 Å². The number of carbonyl (C=O) groups excluding carboxylic acids is 1. The molecule has 0 radical (unpaired) electrons. The molecule has 1 amide bonds. The Labute approximate surface area is 185 Å². The van der Waals surface area contributed by atoms with Crippen molar-refractivity contribution < 1.29 is 4.79 Å². The number of rotatable bonds is 6. The highest BCUT2D eigenvalue weighted by molar-refractivity contribution is 7.14. The predicted molar refractivity (Wildman–Crippen MR) is 122 cm³/mol. The molecule has 3 aromatic rings. The van der Waals surface area contributed by atoms with Crippen LogP contribution in [0.1, 0.15) is 60.8 Å². The van der Waals surface area contributed by atoms with E-state index in [-0.39, 0.29) is 11.8 Å². The fourth-order valence-corrected chi connectivity index (χ4v) is 4.65. The molecule has 2 aromatic heterocycles. The minimum Gasteiger partial charge on any atom is -0.298 e. The summed E-state index contributed by atoms with van der Waals surface area (Å²) in [6.07, 6.45) is 5.45. The number of piperidine rings is 1. The summed E-state index contributed by atoms with van der Waals surface area (Å²) in [6, 6.07) is 7.44. The Morgan fingerprint density at radius 2 is 1.93 bits per heavy atom. The lowest BCUT2D eigenvalue weighted by molar-refractivity contribution is 0.102. The molecule has 0 aliphatic carbocycles. The van der Waals surface area contributed by atoms with Crippen LogP contribution in [0.5, 0.6) is 0 Å². The Balaban J connectivity index is 1.50. The van der Waals surface area contributed by atoms with Gasteiger partial charge in [-0.1, -0.05) is 31.9 Å². The maximum absolute atomic E-state index is 13.0. The zero-order valence-electron chi connectivity index (χ0n) is 17.3. The van der Waals surface area contributed by atoms with Gasteiger partial charge in [-0.15, -0.1) is 11.3 Å². The Kier molecular flexibility index (Phi) is 6.51. The Morgan fingerprint density at radius 3 is 2.63 bits per heavy atom. The summed E-state index contributed by atoms with van der Waals surface area (Å²) in [5.74, 6) is -0.0623. The molecular formula is C22H26ClN5OS. The van der Waals surface area contributed by atoms with Gasteiger partial charge in [0.15, 0.2) is 5.13 Å². The third-order valence-corrected chi connectivity index (χ3v) is 6.33. The second-order valence-corrected chi connectivity index (χ2v) is 9.22. The summed E-state index contributed by atoms with van der Waals surface area (Å²) in [7, 11) is 0. The van der Waals surface area contributed by atoms with Crippen LogP contribution in [0.4, 0.5) is 5.13 Å². The first-order valence-corrected chi connectivity index (χ1v) is 11.6. The third-order valence-electron chi connectivity index (χ3n) is 5.28. The third kappa shape index (κ3) is 4.74. The standard InChI is InChI=1S/C22H26ClN5OS/c1-15(2)20-19(12-24-28(20)18-8-6-16(23)7-9-18)21(29)26-22-25-17(14-30-22)13-27-10-4-3-5-11-27/h6-9,12,14-15H,3-5,10-11,13H2,1-2H3,(H,25,26,29). The maximum Gasteiger partial charge on any atom is 0.260 e. The molecule has 8 heteroatoms. The van der Waals surface area contributed by atoms with Crippen LogP contribution in [0.25, 0.3) is 5.69 Å². The molecule has 1 N–H and O–H groups in total. The van der Waals surface area contributed by atoms with Crippen molar-refractivity contribution in [1.82, 2.24) is 19.7 Å².